The number of benzene rings is 3. The quantitative estimate of drug-likeness (QED) is 0.628. The Morgan fingerprint density at radius 1 is 0.897 bits per heavy atom. The molecule has 2 heterocycles. The number of ether oxygens (including phenoxy) is 2. The molecule has 148 valence electrons. The number of halogens is 1. The minimum Gasteiger partial charge on any atom is -0.493 e. The summed E-state index contributed by atoms with van der Waals surface area (Å²) in [6.45, 7) is 0.921. The fraction of sp³-hybridized carbons (Fsp3) is 0.250. The van der Waals surface area contributed by atoms with E-state index in [1.807, 2.05) is 18.2 Å². The minimum atomic E-state index is 0.00449. The molecule has 2 atom stereocenters. The zero-order valence-corrected chi connectivity index (χ0v) is 17.2. The van der Waals surface area contributed by atoms with E-state index in [2.05, 4.69) is 52.7 Å². The summed E-state index contributed by atoms with van der Waals surface area (Å²) in [5, 5.41) is 4.50. The number of anilines is 1. The van der Waals surface area contributed by atoms with Crippen LogP contribution in [0.25, 0.3) is 0 Å². The summed E-state index contributed by atoms with van der Waals surface area (Å²) < 4.78 is 11.2. The molecule has 0 fully saturated rings. The number of hydrogen-bond acceptors (Lipinski definition) is 4. The number of methoxy groups -OCH3 is 2. The fourth-order valence-electron chi connectivity index (χ4n) is 4.64. The molecule has 4 nitrogen and oxygen atoms in total. The molecule has 0 bridgehead atoms. The second-order valence-electron chi connectivity index (χ2n) is 7.45. The molecule has 0 spiro atoms. The Balaban J connectivity index is 1.70. The molecule has 0 radical (unpaired) electrons. The van der Waals surface area contributed by atoms with Gasteiger partial charge in [-0.25, -0.2) is 0 Å². The highest BCUT2D eigenvalue weighted by molar-refractivity contribution is 6.31. The molecule has 5 heteroatoms. The number of para-hydroxylation sites is 1. The monoisotopic (exact) mass is 406 g/mol. The molecule has 29 heavy (non-hydrogen) atoms. The van der Waals surface area contributed by atoms with Gasteiger partial charge in [-0.1, -0.05) is 48.0 Å². The van der Waals surface area contributed by atoms with Gasteiger partial charge in [0, 0.05) is 22.8 Å². The average Bonchev–Trinajstić information content (AvgIpc) is 2.77. The molecule has 0 saturated heterocycles. The number of hydrogen-bond donors (Lipinski definition) is 1. The van der Waals surface area contributed by atoms with Crippen molar-refractivity contribution in [1.82, 2.24) is 4.90 Å². The van der Waals surface area contributed by atoms with Gasteiger partial charge in [0.25, 0.3) is 0 Å². The third kappa shape index (κ3) is 2.95. The first-order valence-electron chi connectivity index (χ1n) is 9.81. The van der Waals surface area contributed by atoms with E-state index >= 15 is 0 Å². The van der Waals surface area contributed by atoms with Crippen molar-refractivity contribution >= 4 is 17.3 Å². The summed E-state index contributed by atoms with van der Waals surface area (Å²) in [7, 11) is 3.38. The highest BCUT2D eigenvalue weighted by Crippen LogP contribution is 2.49. The Labute approximate surface area is 176 Å². The summed E-state index contributed by atoms with van der Waals surface area (Å²) in [5.41, 5.74) is 6.07. The average molecular weight is 407 g/mol. The molecule has 1 N–H and O–H groups in total. The first-order valence-corrected chi connectivity index (χ1v) is 10.2. The van der Waals surface area contributed by atoms with Gasteiger partial charge in [-0.15, -0.1) is 0 Å². The second kappa shape index (κ2) is 7.29. The molecule has 0 aromatic heterocycles. The fourth-order valence-corrected chi connectivity index (χ4v) is 4.88. The molecule has 0 aliphatic carbocycles. The van der Waals surface area contributed by atoms with Crippen LogP contribution in [0.15, 0.2) is 60.7 Å². The molecule has 3 aromatic rings. The van der Waals surface area contributed by atoms with E-state index in [1.165, 1.54) is 16.7 Å². The lowest BCUT2D eigenvalue weighted by Crippen LogP contribution is -2.45. The van der Waals surface area contributed by atoms with Crippen LogP contribution in [-0.2, 0) is 6.42 Å². The number of rotatable bonds is 3. The van der Waals surface area contributed by atoms with Crippen LogP contribution < -0.4 is 14.8 Å². The number of nitrogens with one attached hydrogen (secondary N) is 1. The van der Waals surface area contributed by atoms with E-state index in [1.54, 1.807) is 14.2 Å². The Kier molecular flexibility index (Phi) is 4.61. The zero-order valence-electron chi connectivity index (χ0n) is 16.5. The van der Waals surface area contributed by atoms with Crippen molar-refractivity contribution in [2.45, 2.75) is 18.6 Å². The predicted octanol–water partition coefficient (Wildman–Crippen LogP) is 5.43. The zero-order chi connectivity index (χ0) is 20.0. The Morgan fingerprint density at radius 2 is 1.59 bits per heavy atom. The Hall–Kier alpha value is -2.69. The van der Waals surface area contributed by atoms with E-state index in [0.29, 0.717) is 0 Å². The summed E-state index contributed by atoms with van der Waals surface area (Å²) in [6.07, 6.45) is 0.946. The van der Waals surface area contributed by atoms with E-state index < -0.39 is 0 Å². The molecule has 0 saturated carbocycles. The van der Waals surface area contributed by atoms with E-state index in [0.717, 1.165) is 40.7 Å². The highest BCUT2D eigenvalue weighted by Gasteiger charge is 2.40. The summed E-state index contributed by atoms with van der Waals surface area (Å²) >= 11 is 6.60. The Morgan fingerprint density at radius 3 is 2.34 bits per heavy atom. The maximum Gasteiger partial charge on any atom is 0.161 e. The lowest BCUT2D eigenvalue weighted by molar-refractivity contribution is 0.153. The van der Waals surface area contributed by atoms with Crippen molar-refractivity contribution in [2.75, 3.05) is 26.1 Å². The van der Waals surface area contributed by atoms with Crippen molar-refractivity contribution in [2.24, 2.45) is 0 Å². The van der Waals surface area contributed by atoms with Gasteiger partial charge in [0.2, 0.25) is 0 Å². The van der Waals surface area contributed by atoms with Crippen molar-refractivity contribution in [3.05, 3.63) is 87.9 Å². The standard InChI is InChI=1S/C24H23ClN2O2/c1-28-21-13-15-11-12-27-23(18(15)14-22(21)29-2)17-8-4-6-10-20(17)26-24(27)16-7-3-5-9-19(16)25/h3-10,13-14,23-24,26H,11-12H2,1-2H3/t23-,24-/m0/s1. The van der Waals surface area contributed by atoms with Crippen LogP contribution in [0.4, 0.5) is 5.69 Å². The third-order valence-electron chi connectivity index (χ3n) is 5.99. The van der Waals surface area contributed by atoms with Crippen molar-refractivity contribution < 1.29 is 9.47 Å². The topological polar surface area (TPSA) is 33.7 Å². The van der Waals surface area contributed by atoms with Crippen LogP contribution in [0.5, 0.6) is 11.5 Å². The van der Waals surface area contributed by atoms with Gasteiger partial charge >= 0.3 is 0 Å². The SMILES string of the molecule is COc1cc2c(cc1OC)[C@@H]1c3ccccc3N[C@H](c3ccccc3Cl)N1CC2. The smallest absolute Gasteiger partial charge is 0.161 e. The summed E-state index contributed by atoms with van der Waals surface area (Å²) in [5.74, 6) is 1.54. The van der Waals surface area contributed by atoms with Crippen LogP contribution >= 0.6 is 11.6 Å². The van der Waals surface area contributed by atoms with Crippen molar-refractivity contribution in [3.8, 4) is 11.5 Å². The molecule has 2 aliphatic heterocycles. The molecular weight excluding hydrogens is 384 g/mol. The number of fused-ring (bicyclic) bond motifs is 5. The van der Waals surface area contributed by atoms with Crippen molar-refractivity contribution in [1.29, 1.82) is 0 Å². The van der Waals surface area contributed by atoms with Crippen LogP contribution in [0.3, 0.4) is 0 Å². The van der Waals surface area contributed by atoms with Crippen LogP contribution in [0.1, 0.15) is 34.5 Å². The summed E-state index contributed by atoms with van der Waals surface area (Å²) in [6, 6.07) is 21.0. The van der Waals surface area contributed by atoms with Gasteiger partial charge in [0.1, 0.15) is 6.17 Å². The maximum absolute atomic E-state index is 6.60. The first kappa shape index (κ1) is 18.3. The molecule has 2 aliphatic rings. The van der Waals surface area contributed by atoms with E-state index in [4.69, 9.17) is 21.1 Å². The van der Waals surface area contributed by atoms with Gasteiger partial charge in [-0.05, 0) is 47.4 Å². The van der Waals surface area contributed by atoms with Crippen LogP contribution in [0, 0.1) is 0 Å². The normalized spacial score (nSPS) is 20.1. The molecule has 3 aromatic carbocycles. The molecule has 5 rings (SSSR count). The third-order valence-corrected chi connectivity index (χ3v) is 6.33. The number of nitrogens with zero attached hydrogens (tertiary/aromatic N) is 1. The van der Waals surface area contributed by atoms with Gasteiger partial charge in [-0.3, -0.25) is 4.90 Å². The van der Waals surface area contributed by atoms with Gasteiger partial charge in [-0.2, -0.15) is 0 Å². The lowest BCUT2D eigenvalue weighted by Gasteiger charge is -2.47. The van der Waals surface area contributed by atoms with Gasteiger partial charge < -0.3 is 14.8 Å². The van der Waals surface area contributed by atoms with Gasteiger partial charge in [0.05, 0.1) is 20.3 Å². The second-order valence-corrected chi connectivity index (χ2v) is 7.86. The predicted molar refractivity (Wildman–Crippen MR) is 116 cm³/mol. The van der Waals surface area contributed by atoms with Crippen molar-refractivity contribution in [3.63, 3.8) is 0 Å². The van der Waals surface area contributed by atoms with Crippen LogP contribution in [0.2, 0.25) is 5.02 Å². The molecule has 0 unspecified atom stereocenters. The molecular formula is C24H23ClN2O2. The molecule has 0 amide bonds. The van der Waals surface area contributed by atoms with E-state index in [-0.39, 0.29) is 12.2 Å². The van der Waals surface area contributed by atoms with Gasteiger partial charge in [0.15, 0.2) is 11.5 Å². The Bertz CT molecular complexity index is 1070. The largest absolute Gasteiger partial charge is 0.493 e. The first-order chi connectivity index (χ1) is 14.2. The summed E-state index contributed by atoms with van der Waals surface area (Å²) in [4.78, 5) is 2.50. The highest BCUT2D eigenvalue weighted by atomic mass is 35.5. The van der Waals surface area contributed by atoms with Crippen LogP contribution in [-0.4, -0.2) is 25.7 Å². The maximum atomic E-state index is 6.60. The lowest BCUT2D eigenvalue weighted by atomic mass is 9.84. The van der Waals surface area contributed by atoms with E-state index in [9.17, 15) is 0 Å². The minimum absolute atomic E-state index is 0.00449.